The number of allylic oxidation sites excluding steroid dienone is 1. The summed E-state index contributed by atoms with van der Waals surface area (Å²) < 4.78 is 0. The summed E-state index contributed by atoms with van der Waals surface area (Å²) in [6.45, 7) is 8.48. The molecule has 5 heterocycles. The van der Waals surface area contributed by atoms with E-state index in [4.69, 9.17) is 9.97 Å². The van der Waals surface area contributed by atoms with E-state index in [1.807, 2.05) is 36.5 Å². The lowest BCUT2D eigenvalue weighted by Crippen LogP contribution is -2.02. The molecular formula is C28H25N7S. The standard InChI is InChI=1S/C28H25N7S/c1-16(2)12-17(3)30-19-13-18(14-29-15-19)21-9-10-23-26(31-21)27(35-34-23)28-32-22-7-4-6-20(25(22)33-28)24-8-5-11-36-24/h4-11,13-16,30H,3,12H2,1-2H3,(H,32,33)(H,34,35). The monoisotopic (exact) mass is 491 g/mol. The molecule has 0 atom stereocenters. The molecule has 6 rings (SSSR count). The molecule has 6 aromatic rings. The number of aromatic nitrogens is 6. The summed E-state index contributed by atoms with van der Waals surface area (Å²) >= 11 is 1.70. The van der Waals surface area contributed by atoms with Crippen LogP contribution in [-0.2, 0) is 0 Å². The van der Waals surface area contributed by atoms with Crippen LogP contribution in [0.1, 0.15) is 20.3 Å². The largest absolute Gasteiger partial charge is 0.358 e. The van der Waals surface area contributed by atoms with Crippen LogP contribution in [-0.4, -0.2) is 30.1 Å². The minimum Gasteiger partial charge on any atom is -0.358 e. The first-order chi connectivity index (χ1) is 17.5. The van der Waals surface area contributed by atoms with Crippen LogP contribution in [0.25, 0.3) is 55.3 Å². The third-order valence-corrected chi connectivity index (χ3v) is 6.84. The second kappa shape index (κ2) is 9.05. The number of hydrogen-bond donors (Lipinski definition) is 3. The molecule has 178 valence electrons. The Hall–Kier alpha value is -4.30. The van der Waals surface area contributed by atoms with Gasteiger partial charge >= 0.3 is 0 Å². The van der Waals surface area contributed by atoms with E-state index in [9.17, 15) is 0 Å². The predicted molar refractivity (Wildman–Crippen MR) is 148 cm³/mol. The number of anilines is 1. The van der Waals surface area contributed by atoms with Crippen LogP contribution >= 0.6 is 11.3 Å². The van der Waals surface area contributed by atoms with Gasteiger partial charge in [-0.25, -0.2) is 9.97 Å². The van der Waals surface area contributed by atoms with Gasteiger partial charge in [-0.3, -0.25) is 10.1 Å². The molecule has 8 heteroatoms. The molecule has 36 heavy (non-hydrogen) atoms. The molecule has 0 fully saturated rings. The zero-order valence-electron chi connectivity index (χ0n) is 20.0. The van der Waals surface area contributed by atoms with Crippen molar-refractivity contribution in [3.63, 3.8) is 0 Å². The molecule has 0 saturated carbocycles. The number of hydrogen-bond acceptors (Lipinski definition) is 6. The Labute approximate surface area is 212 Å². The number of para-hydroxylation sites is 1. The molecule has 0 unspecified atom stereocenters. The van der Waals surface area contributed by atoms with Crippen LogP contribution in [0.2, 0.25) is 0 Å². The highest BCUT2D eigenvalue weighted by Crippen LogP contribution is 2.33. The van der Waals surface area contributed by atoms with E-state index in [-0.39, 0.29) is 0 Å². The highest BCUT2D eigenvalue weighted by molar-refractivity contribution is 7.13. The quantitative estimate of drug-likeness (QED) is 0.218. The van der Waals surface area contributed by atoms with Gasteiger partial charge in [0.05, 0.1) is 34.1 Å². The number of rotatable bonds is 7. The molecule has 0 saturated heterocycles. The Morgan fingerprint density at radius 1 is 1.03 bits per heavy atom. The smallest absolute Gasteiger partial charge is 0.161 e. The van der Waals surface area contributed by atoms with Gasteiger partial charge in [-0.05, 0) is 48.1 Å². The van der Waals surface area contributed by atoms with Crippen molar-refractivity contribution < 1.29 is 0 Å². The summed E-state index contributed by atoms with van der Waals surface area (Å²) in [5.41, 5.74) is 8.87. The number of imidazole rings is 1. The Bertz CT molecular complexity index is 1690. The number of fused-ring (bicyclic) bond motifs is 2. The van der Waals surface area contributed by atoms with Crippen molar-refractivity contribution in [2.24, 2.45) is 5.92 Å². The van der Waals surface area contributed by atoms with Crippen LogP contribution in [0.5, 0.6) is 0 Å². The summed E-state index contributed by atoms with van der Waals surface area (Å²) in [6, 6.07) is 16.4. The zero-order chi connectivity index (χ0) is 24.6. The second-order valence-electron chi connectivity index (χ2n) is 9.22. The highest BCUT2D eigenvalue weighted by atomic mass is 32.1. The van der Waals surface area contributed by atoms with E-state index in [1.165, 1.54) is 4.88 Å². The molecule has 0 aliphatic heterocycles. The summed E-state index contributed by atoms with van der Waals surface area (Å²) in [5.74, 6) is 1.22. The van der Waals surface area contributed by atoms with Gasteiger partial charge in [-0.15, -0.1) is 11.3 Å². The Morgan fingerprint density at radius 3 is 2.78 bits per heavy atom. The SMILES string of the molecule is C=C(CC(C)C)Nc1cncc(-c2ccc3[nH]nc(-c4nc5c(-c6cccs6)cccc5[nH]4)c3n2)c1. The first-order valence-corrected chi connectivity index (χ1v) is 12.7. The third-order valence-electron chi connectivity index (χ3n) is 5.94. The van der Waals surface area contributed by atoms with E-state index >= 15 is 0 Å². The van der Waals surface area contributed by atoms with E-state index in [1.54, 1.807) is 17.5 Å². The molecule has 1 aromatic carbocycles. The van der Waals surface area contributed by atoms with Gasteiger partial charge in [0.2, 0.25) is 0 Å². The first kappa shape index (κ1) is 22.2. The Balaban J connectivity index is 1.38. The minimum atomic E-state index is 0.532. The molecule has 0 bridgehead atoms. The average Bonchev–Trinajstić information content (AvgIpc) is 3.62. The number of nitrogens with zero attached hydrogens (tertiary/aromatic N) is 4. The molecule has 0 amide bonds. The van der Waals surface area contributed by atoms with Crippen LogP contribution < -0.4 is 5.32 Å². The van der Waals surface area contributed by atoms with Crippen LogP contribution in [0.4, 0.5) is 5.69 Å². The summed E-state index contributed by atoms with van der Waals surface area (Å²) in [5, 5.41) is 13.1. The van der Waals surface area contributed by atoms with Crippen molar-refractivity contribution >= 4 is 39.1 Å². The number of pyridine rings is 2. The van der Waals surface area contributed by atoms with E-state index in [2.05, 4.69) is 69.5 Å². The van der Waals surface area contributed by atoms with Gasteiger partial charge in [0.25, 0.3) is 0 Å². The molecule has 3 N–H and O–H groups in total. The van der Waals surface area contributed by atoms with E-state index in [0.717, 1.165) is 56.7 Å². The highest BCUT2D eigenvalue weighted by Gasteiger charge is 2.17. The van der Waals surface area contributed by atoms with Crippen molar-refractivity contribution in [2.75, 3.05) is 5.32 Å². The normalized spacial score (nSPS) is 11.5. The molecule has 0 aliphatic carbocycles. The fourth-order valence-corrected chi connectivity index (χ4v) is 5.15. The van der Waals surface area contributed by atoms with E-state index in [0.29, 0.717) is 17.4 Å². The minimum absolute atomic E-state index is 0.532. The molecule has 0 radical (unpaired) electrons. The maximum absolute atomic E-state index is 4.95. The molecule has 5 aromatic heterocycles. The zero-order valence-corrected chi connectivity index (χ0v) is 20.9. The molecule has 7 nitrogen and oxygen atoms in total. The summed E-state index contributed by atoms with van der Waals surface area (Å²) in [6.07, 6.45) is 4.52. The van der Waals surface area contributed by atoms with Crippen molar-refractivity contribution in [1.29, 1.82) is 0 Å². The number of thiophene rings is 1. The Morgan fingerprint density at radius 2 is 1.94 bits per heavy atom. The van der Waals surface area contributed by atoms with Gasteiger partial charge in [0.15, 0.2) is 11.5 Å². The fourth-order valence-electron chi connectivity index (χ4n) is 4.40. The Kier molecular flexibility index (Phi) is 5.58. The van der Waals surface area contributed by atoms with Gasteiger partial charge in [0, 0.05) is 27.9 Å². The first-order valence-electron chi connectivity index (χ1n) is 11.8. The summed E-state index contributed by atoms with van der Waals surface area (Å²) in [7, 11) is 0. The van der Waals surface area contributed by atoms with Gasteiger partial charge < -0.3 is 10.3 Å². The van der Waals surface area contributed by atoms with Crippen LogP contribution in [0, 0.1) is 5.92 Å². The lowest BCUT2D eigenvalue weighted by Gasteiger charge is -2.12. The van der Waals surface area contributed by atoms with Crippen LogP contribution in [0.3, 0.4) is 0 Å². The van der Waals surface area contributed by atoms with E-state index < -0.39 is 0 Å². The van der Waals surface area contributed by atoms with Gasteiger partial charge in [-0.2, -0.15) is 5.10 Å². The maximum atomic E-state index is 4.95. The van der Waals surface area contributed by atoms with Crippen molar-refractivity contribution in [3.05, 3.63) is 78.6 Å². The van der Waals surface area contributed by atoms with Crippen molar-refractivity contribution in [2.45, 2.75) is 20.3 Å². The predicted octanol–water partition coefficient (Wildman–Crippen LogP) is 7.26. The van der Waals surface area contributed by atoms with Gasteiger partial charge in [-0.1, -0.05) is 38.6 Å². The number of benzene rings is 1. The van der Waals surface area contributed by atoms with Gasteiger partial charge in [0.1, 0.15) is 5.52 Å². The number of nitrogens with one attached hydrogen (secondary N) is 3. The fraction of sp³-hybridized carbons (Fsp3) is 0.143. The number of aromatic amines is 2. The summed E-state index contributed by atoms with van der Waals surface area (Å²) in [4.78, 5) is 18.9. The second-order valence-corrected chi connectivity index (χ2v) is 10.2. The molecule has 0 aliphatic rings. The lowest BCUT2D eigenvalue weighted by molar-refractivity contribution is 0.645. The molecule has 0 spiro atoms. The average molecular weight is 492 g/mol. The number of H-pyrrole nitrogens is 2. The van der Waals surface area contributed by atoms with Crippen LogP contribution in [0.15, 0.2) is 78.6 Å². The topological polar surface area (TPSA) is 95.2 Å². The molecular weight excluding hydrogens is 466 g/mol. The third kappa shape index (κ3) is 4.16. The lowest BCUT2D eigenvalue weighted by atomic mass is 10.1. The van der Waals surface area contributed by atoms with Crippen molar-refractivity contribution in [1.82, 2.24) is 30.1 Å². The maximum Gasteiger partial charge on any atom is 0.161 e. The van der Waals surface area contributed by atoms with Crippen molar-refractivity contribution in [3.8, 4) is 33.2 Å².